The Bertz CT molecular complexity index is 657. The number of ether oxygens (including phenoxy) is 1. The molecule has 0 amide bonds. The second-order valence-corrected chi connectivity index (χ2v) is 5.40. The number of esters is 1. The zero-order valence-electron chi connectivity index (χ0n) is 11.6. The van der Waals surface area contributed by atoms with Crippen LogP contribution in [0.4, 0.5) is 0 Å². The van der Waals surface area contributed by atoms with E-state index in [1.165, 1.54) is 23.9 Å². The maximum absolute atomic E-state index is 12.0. The van der Waals surface area contributed by atoms with E-state index in [2.05, 4.69) is 9.97 Å². The maximum atomic E-state index is 12.0. The highest BCUT2D eigenvalue weighted by molar-refractivity contribution is 7.79. The van der Waals surface area contributed by atoms with E-state index >= 15 is 0 Å². The summed E-state index contributed by atoms with van der Waals surface area (Å²) in [6.45, 7) is 3.40. The summed E-state index contributed by atoms with van der Waals surface area (Å²) in [6, 6.07) is 3.40. The van der Waals surface area contributed by atoms with Gasteiger partial charge in [-0.1, -0.05) is 0 Å². The number of hydrogen-bond donors (Lipinski definition) is 0. The monoisotopic (exact) mass is 308 g/mol. The van der Waals surface area contributed by atoms with E-state index in [1.54, 1.807) is 25.3 Å². The van der Waals surface area contributed by atoms with E-state index in [-0.39, 0.29) is 18.1 Å². The Labute approximate surface area is 124 Å². The van der Waals surface area contributed by atoms with Crippen molar-refractivity contribution in [2.24, 2.45) is 0 Å². The average molecular weight is 308 g/mol. The molecule has 2 rings (SSSR count). The molecule has 7 nitrogen and oxygen atoms in total. The molecule has 8 heteroatoms. The van der Waals surface area contributed by atoms with Gasteiger partial charge in [0.2, 0.25) is 0 Å². The molecule has 0 radical (unpaired) electrons. The van der Waals surface area contributed by atoms with Gasteiger partial charge < -0.3 is 9.29 Å². The van der Waals surface area contributed by atoms with E-state index < -0.39 is 22.3 Å². The zero-order valence-corrected chi connectivity index (χ0v) is 12.4. The lowest BCUT2D eigenvalue weighted by Gasteiger charge is -2.17. The molecule has 0 N–H and O–H groups in total. The zero-order chi connectivity index (χ0) is 15.4. The molecule has 0 saturated heterocycles. The molecule has 0 spiro atoms. The van der Waals surface area contributed by atoms with Crippen LogP contribution < -0.4 is 0 Å². The van der Waals surface area contributed by atoms with E-state index in [0.29, 0.717) is 5.69 Å². The minimum atomic E-state index is -2.35. The molecule has 0 aliphatic heterocycles. The summed E-state index contributed by atoms with van der Waals surface area (Å²) in [5.41, 5.74) is 0.711. The van der Waals surface area contributed by atoms with Gasteiger partial charge in [0.25, 0.3) is 0 Å². The Hall–Kier alpha value is -2.06. The second kappa shape index (κ2) is 6.59. The summed E-state index contributed by atoms with van der Waals surface area (Å²) >= 11 is -2.35. The highest BCUT2D eigenvalue weighted by Crippen LogP contribution is 2.23. The SMILES string of the molecule is CCOC(=O)c1cnc(C(C)S(=O)[O-])n1-c1cccnc1. The molecule has 2 heterocycles. The van der Waals surface area contributed by atoms with Crippen molar-refractivity contribution in [3.63, 3.8) is 0 Å². The molecule has 0 saturated carbocycles. The Balaban J connectivity index is 2.58. The van der Waals surface area contributed by atoms with E-state index in [0.717, 1.165) is 0 Å². The van der Waals surface area contributed by atoms with Gasteiger partial charge in [0.15, 0.2) is 5.69 Å². The molecule has 2 unspecified atom stereocenters. The minimum Gasteiger partial charge on any atom is -0.772 e. The first-order valence-electron chi connectivity index (χ1n) is 6.29. The Kier molecular flexibility index (Phi) is 4.81. The smallest absolute Gasteiger partial charge is 0.356 e. The number of nitrogens with zero attached hydrogens (tertiary/aromatic N) is 3. The van der Waals surface area contributed by atoms with Crippen molar-refractivity contribution in [3.8, 4) is 5.69 Å². The van der Waals surface area contributed by atoms with Gasteiger partial charge in [-0.2, -0.15) is 0 Å². The molecule has 2 aromatic heterocycles. The third-order valence-corrected chi connectivity index (χ3v) is 3.62. The highest BCUT2D eigenvalue weighted by Gasteiger charge is 2.22. The topological polar surface area (TPSA) is 97.1 Å². The number of aromatic nitrogens is 3. The molecule has 0 aliphatic carbocycles. The molecule has 2 atom stereocenters. The molecule has 0 aromatic carbocycles. The number of carbonyl (C=O) groups is 1. The maximum Gasteiger partial charge on any atom is 0.356 e. The van der Waals surface area contributed by atoms with Gasteiger partial charge in [-0.3, -0.25) is 13.8 Å². The van der Waals surface area contributed by atoms with E-state index in [4.69, 9.17) is 4.74 Å². The average Bonchev–Trinajstić information content (AvgIpc) is 2.92. The molecular weight excluding hydrogens is 294 g/mol. The summed E-state index contributed by atoms with van der Waals surface area (Å²) in [7, 11) is 0. The Morgan fingerprint density at radius 2 is 2.29 bits per heavy atom. The Morgan fingerprint density at radius 3 is 2.86 bits per heavy atom. The van der Waals surface area contributed by atoms with Gasteiger partial charge in [0.1, 0.15) is 5.82 Å². The minimum absolute atomic E-state index is 0.164. The van der Waals surface area contributed by atoms with Crippen LogP contribution in [0.5, 0.6) is 0 Å². The summed E-state index contributed by atoms with van der Waals surface area (Å²) in [6.07, 6.45) is 4.41. The van der Waals surface area contributed by atoms with Crippen LogP contribution in [0.25, 0.3) is 5.69 Å². The molecular formula is C13H14N3O4S-. The third-order valence-electron chi connectivity index (χ3n) is 2.83. The fraction of sp³-hybridized carbons (Fsp3) is 0.308. The first-order valence-corrected chi connectivity index (χ1v) is 7.43. The van der Waals surface area contributed by atoms with Crippen molar-refractivity contribution in [2.75, 3.05) is 6.61 Å². The second-order valence-electron chi connectivity index (χ2n) is 4.17. The number of rotatable bonds is 5. The van der Waals surface area contributed by atoms with Crippen LogP contribution in [0.3, 0.4) is 0 Å². The van der Waals surface area contributed by atoms with Gasteiger partial charge in [-0.05, 0) is 37.1 Å². The largest absolute Gasteiger partial charge is 0.772 e. The fourth-order valence-corrected chi connectivity index (χ4v) is 2.18. The molecule has 2 aromatic rings. The normalized spacial score (nSPS) is 13.7. The molecule has 21 heavy (non-hydrogen) atoms. The van der Waals surface area contributed by atoms with Crippen molar-refractivity contribution in [1.82, 2.24) is 14.5 Å². The highest BCUT2D eigenvalue weighted by atomic mass is 32.2. The van der Waals surface area contributed by atoms with Crippen LogP contribution in [-0.2, 0) is 15.8 Å². The van der Waals surface area contributed by atoms with Crippen LogP contribution in [0.15, 0.2) is 30.7 Å². The summed E-state index contributed by atoms with van der Waals surface area (Å²) < 4.78 is 28.8. The molecule has 112 valence electrons. The molecule has 0 fully saturated rings. The lowest BCUT2D eigenvalue weighted by Crippen LogP contribution is -2.15. The van der Waals surface area contributed by atoms with Crippen molar-refractivity contribution in [1.29, 1.82) is 0 Å². The first kappa shape index (κ1) is 15.3. The van der Waals surface area contributed by atoms with Crippen LogP contribution in [-0.4, -0.2) is 35.9 Å². The van der Waals surface area contributed by atoms with Crippen molar-refractivity contribution < 1.29 is 18.3 Å². The van der Waals surface area contributed by atoms with Crippen molar-refractivity contribution in [2.45, 2.75) is 19.1 Å². The number of imidazole rings is 1. The van der Waals surface area contributed by atoms with Gasteiger partial charge in [-0.25, -0.2) is 9.78 Å². The van der Waals surface area contributed by atoms with Crippen LogP contribution in [0.1, 0.15) is 35.4 Å². The number of carbonyl (C=O) groups excluding carboxylic acids is 1. The van der Waals surface area contributed by atoms with Gasteiger partial charge >= 0.3 is 5.97 Å². The number of pyridine rings is 1. The summed E-state index contributed by atoms with van der Waals surface area (Å²) in [4.78, 5) is 20.0. The fourth-order valence-electron chi connectivity index (χ4n) is 1.85. The first-order chi connectivity index (χ1) is 10.1. The van der Waals surface area contributed by atoms with Crippen LogP contribution in [0.2, 0.25) is 0 Å². The van der Waals surface area contributed by atoms with E-state index in [1.807, 2.05) is 0 Å². The lowest BCUT2D eigenvalue weighted by atomic mass is 10.3. The summed E-state index contributed by atoms with van der Waals surface area (Å²) in [5.74, 6) is -0.330. The summed E-state index contributed by atoms with van der Waals surface area (Å²) in [5, 5.41) is -0.867. The van der Waals surface area contributed by atoms with Crippen molar-refractivity contribution >= 4 is 17.0 Å². The van der Waals surface area contributed by atoms with Crippen molar-refractivity contribution in [3.05, 3.63) is 42.2 Å². The van der Waals surface area contributed by atoms with Gasteiger partial charge in [0.05, 0.1) is 29.9 Å². The van der Waals surface area contributed by atoms with Gasteiger partial charge in [0, 0.05) is 6.20 Å². The number of hydrogen-bond acceptors (Lipinski definition) is 6. The lowest BCUT2D eigenvalue weighted by molar-refractivity contribution is 0.0516. The van der Waals surface area contributed by atoms with Crippen LogP contribution >= 0.6 is 0 Å². The van der Waals surface area contributed by atoms with Gasteiger partial charge in [-0.15, -0.1) is 0 Å². The molecule has 0 aliphatic rings. The standard InChI is InChI=1S/C13H15N3O4S/c1-3-20-13(17)11-8-15-12(9(2)21(18)19)16(11)10-5-4-6-14-7-10/h4-9H,3H2,1-2H3,(H,18,19)/p-1. The third kappa shape index (κ3) is 3.17. The molecule has 0 bridgehead atoms. The predicted octanol–water partition coefficient (Wildman–Crippen LogP) is 1.38. The van der Waals surface area contributed by atoms with E-state index in [9.17, 15) is 13.6 Å². The quantitative estimate of drug-likeness (QED) is 0.611. The van der Waals surface area contributed by atoms with Crippen LogP contribution in [0, 0.1) is 0 Å². The predicted molar refractivity (Wildman–Crippen MR) is 74.7 cm³/mol. The Morgan fingerprint density at radius 1 is 1.52 bits per heavy atom.